The van der Waals surface area contributed by atoms with E-state index in [1.165, 1.54) is 6.20 Å². The lowest BCUT2D eigenvalue weighted by atomic mass is 9.81. The summed E-state index contributed by atoms with van der Waals surface area (Å²) in [6.07, 6.45) is 1.93. The Kier molecular flexibility index (Phi) is 6.61. The largest absolute Gasteiger partial charge is 0.478 e. The van der Waals surface area contributed by atoms with Gasteiger partial charge in [-0.25, -0.2) is 9.78 Å². The topological polar surface area (TPSA) is 86.0 Å². The molecule has 0 spiro atoms. The molecule has 1 aromatic heterocycles. The number of halogens is 3. The number of rotatable bonds is 6. The molecule has 0 aromatic carbocycles. The van der Waals surface area contributed by atoms with Crippen LogP contribution in [0.5, 0.6) is 0 Å². The molecule has 0 radical (unpaired) electrons. The van der Waals surface area contributed by atoms with E-state index in [0.717, 1.165) is 0 Å². The SMILES string of the molecule is C=C(CNc1cnc(C#N)c(/C=C/C2CCC(C(F)(F)F)CC2)c1)C(=O)O. The molecule has 0 saturated heterocycles. The van der Waals surface area contributed by atoms with E-state index in [0.29, 0.717) is 24.1 Å². The van der Waals surface area contributed by atoms with Crippen molar-refractivity contribution in [3.8, 4) is 6.07 Å². The van der Waals surface area contributed by atoms with Gasteiger partial charge >= 0.3 is 12.1 Å². The van der Waals surface area contributed by atoms with Crippen LogP contribution in [0.4, 0.5) is 18.9 Å². The van der Waals surface area contributed by atoms with E-state index in [4.69, 9.17) is 5.11 Å². The molecule has 1 aromatic rings. The molecule has 5 nitrogen and oxygen atoms in total. The van der Waals surface area contributed by atoms with Crippen LogP contribution in [0.2, 0.25) is 0 Å². The summed E-state index contributed by atoms with van der Waals surface area (Å²) in [5.41, 5.74) is 1.23. The fourth-order valence-electron chi connectivity index (χ4n) is 2.96. The zero-order chi connectivity index (χ0) is 20.0. The molecule has 0 bridgehead atoms. The van der Waals surface area contributed by atoms with Crippen LogP contribution < -0.4 is 5.32 Å². The Morgan fingerprint density at radius 1 is 1.41 bits per heavy atom. The van der Waals surface area contributed by atoms with Gasteiger partial charge in [-0.05, 0) is 37.7 Å². The number of pyridine rings is 1. The summed E-state index contributed by atoms with van der Waals surface area (Å²) in [5, 5.41) is 20.9. The fraction of sp³-hybridized carbons (Fsp3) is 0.421. The molecule has 0 unspecified atom stereocenters. The highest BCUT2D eigenvalue weighted by atomic mass is 19.4. The maximum atomic E-state index is 12.7. The van der Waals surface area contributed by atoms with Crippen molar-refractivity contribution >= 4 is 17.7 Å². The van der Waals surface area contributed by atoms with Crippen molar-refractivity contribution in [1.29, 1.82) is 5.26 Å². The van der Waals surface area contributed by atoms with Crippen molar-refractivity contribution < 1.29 is 23.1 Å². The van der Waals surface area contributed by atoms with Crippen molar-refractivity contribution in [1.82, 2.24) is 4.98 Å². The third-order valence-corrected chi connectivity index (χ3v) is 4.61. The average Bonchev–Trinajstić information content (AvgIpc) is 2.63. The maximum absolute atomic E-state index is 12.7. The second kappa shape index (κ2) is 8.71. The summed E-state index contributed by atoms with van der Waals surface area (Å²) in [5.74, 6) is -2.31. The summed E-state index contributed by atoms with van der Waals surface area (Å²) < 4.78 is 38.2. The van der Waals surface area contributed by atoms with Crippen molar-refractivity contribution in [3.63, 3.8) is 0 Å². The van der Waals surface area contributed by atoms with Gasteiger partial charge in [0.05, 0.1) is 17.8 Å². The van der Waals surface area contributed by atoms with Crippen molar-refractivity contribution in [3.05, 3.63) is 41.7 Å². The van der Waals surface area contributed by atoms with E-state index in [9.17, 15) is 23.2 Å². The predicted octanol–water partition coefficient (Wildman–Crippen LogP) is 4.39. The molecule has 8 heteroatoms. The minimum atomic E-state index is -4.13. The zero-order valence-electron chi connectivity index (χ0n) is 14.6. The number of nitriles is 1. The normalized spacial score (nSPS) is 20.2. The van der Waals surface area contributed by atoms with Gasteiger partial charge in [-0.15, -0.1) is 0 Å². The number of carboxylic acids is 1. The highest BCUT2D eigenvalue weighted by molar-refractivity contribution is 5.86. The van der Waals surface area contributed by atoms with Crippen LogP contribution in [0.15, 0.2) is 30.5 Å². The summed E-state index contributed by atoms with van der Waals surface area (Å²) in [6, 6.07) is 3.62. The number of carboxylic acid groups (broad SMARTS) is 1. The van der Waals surface area contributed by atoms with E-state index in [1.807, 2.05) is 12.1 Å². The Morgan fingerprint density at radius 2 is 2.07 bits per heavy atom. The van der Waals surface area contributed by atoms with Gasteiger partial charge in [0.2, 0.25) is 0 Å². The molecule has 1 heterocycles. The van der Waals surface area contributed by atoms with Crippen molar-refractivity contribution in [2.45, 2.75) is 31.9 Å². The standard InChI is InChI=1S/C19H20F3N3O2/c1-12(18(26)27)10-24-16-8-14(17(9-23)25-11-16)5-2-13-3-6-15(7-4-13)19(20,21)22/h2,5,8,11,13,15,24H,1,3-4,6-7,10H2,(H,26,27)/b5-2+. The highest BCUT2D eigenvalue weighted by Gasteiger charge is 2.40. The second-order valence-electron chi connectivity index (χ2n) is 6.55. The lowest BCUT2D eigenvalue weighted by Gasteiger charge is -2.28. The van der Waals surface area contributed by atoms with E-state index < -0.39 is 18.1 Å². The molecular weight excluding hydrogens is 359 g/mol. The Bertz CT molecular complexity index is 773. The molecular formula is C19H20F3N3O2. The fourth-order valence-corrected chi connectivity index (χ4v) is 2.96. The van der Waals surface area contributed by atoms with Crippen molar-refractivity contribution in [2.24, 2.45) is 11.8 Å². The molecule has 144 valence electrons. The molecule has 27 heavy (non-hydrogen) atoms. The first-order valence-electron chi connectivity index (χ1n) is 8.50. The van der Waals surface area contributed by atoms with Crippen molar-refractivity contribution in [2.75, 3.05) is 11.9 Å². The molecule has 0 atom stereocenters. The molecule has 1 fully saturated rings. The third-order valence-electron chi connectivity index (χ3n) is 4.61. The van der Waals surface area contributed by atoms with Gasteiger partial charge < -0.3 is 10.4 Å². The van der Waals surface area contributed by atoms with E-state index >= 15 is 0 Å². The Labute approximate surface area is 155 Å². The first-order chi connectivity index (χ1) is 12.7. The lowest BCUT2D eigenvalue weighted by Crippen LogP contribution is -2.27. The second-order valence-corrected chi connectivity index (χ2v) is 6.55. The van der Waals surface area contributed by atoms with Crippen LogP contribution in [0.25, 0.3) is 6.08 Å². The summed E-state index contributed by atoms with van der Waals surface area (Å²) in [7, 11) is 0. The first kappa shape index (κ1) is 20.5. The quantitative estimate of drug-likeness (QED) is 0.716. The number of nitrogens with zero attached hydrogens (tertiary/aromatic N) is 2. The number of alkyl halides is 3. The van der Waals surface area contributed by atoms with Gasteiger partial charge in [-0.2, -0.15) is 18.4 Å². The number of nitrogens with one attached hydrogen (secondary N) is 1. The summed E-state index contributed by atoms with van der Waals surface area (Å²) in [4.78, 5) is 14.8. The van der Waals surface area contributed by atoms with Gasteiger partial charge in [-0.1, -0.05) is 18.7 Å². The number of hydrogen-bond acceptors (Lipinski definition) is 4. The number of allylic oxidation sites excluding steroid dienone is 1. The molecule has 1 aliphatic rings. The Morgan fingerprint density at radius 3 is 2.63 bits per heavy atom. The van der Waals surface area contributed by atoms with Crippen LogP contribution in [0.1, 0.15) is 36.9 Å². The monoisotopic (exact) mass is 379 g/mol. The third kappa shape index (κ3) is 5.84. The minimum Gasteiger partial charge on any atom is -0.478 e. The number of aromatic nitrogens is 1. The van der Waals surface area contributed by atoms with Gasteiger partial charge in [-0.3, -0.25) is 0 Å². The van der Waals surface area contributed by atoms with Crippen LogP contribution in [-0.4, -0.2) is 28.8 Å². The predicted molar refractivity (Wildman–Crippen MR) is 94.8 cm³/mol. The minimum absolute atomic E-state index is 0.0159. The number of hydrogen-bond donors (Lipinski definition) is 2. The molecule has 1 aliphatic carbocycles. The van der Waals surface area contributed by atoms with Crippen LogP contribution in [0.3, 0.4) is 0 Å². The number of anilines is 1. The van der Waals surface area contributed by atoms with Crippen LogP contribution in [0, 0.1) is 23.2 Å². The van der Waals surface area contributed by atoms with E-state index in [2.05, 4.69) is 16.9 Å². The van der Waals surface area contributed by atoms with Crippen LogP contribution in [-0.2, 0) is 4.79 Å². The average molecular weight is 379 g/mol. The number of aliphatic carboxylic acids is 1. The zero-order valence-corrected chi connectivity index (χ0v) is 14.6. The first-order valence-corrected chi connectivity index (χ1v) is 8.50. The van der Waals surface area contributed by atoms with Gasteiger partial charge in [0, 0.05) is 17.7 Å². The lowest BCUT2D eigenvalue weighted by molar-refractivity contribution is -0.183. The molecule has 2 N–H and O–H groups in total. The Balaban J connectivity index is 2.03. The van der Waals surface area contributed by atoms with Gasteiger partial charge in [0.1, 0.15) is 11.8 Å². The number of carbonyl (C=O) groups is 1. The summed E-state index contributed by atoms with van der Waals surface area (Å²) >= 11 is 0. The van der Waals surface area contributed by atoms with Gasteiger partial charge in [0.25, 0.3) is 0 Å². The Hall–Kier alpha value is -2.82. The van der Waals surface area contributed by atoms with Gasteiger partial charge in [0.15, 0.2) is 0 Å². The van der Waals surface area contributed by atoms with Crippen LogP contribution >= 0.6 is 0 Å². The maximum Gasteiger partial charge on any atom is 0.391 e. The molecule has 0 amide bonds. The summed E-state index contributed by atoms with van der Waals surface area (Å²) in [6.45, 7) is 3.44. The molecule has 2 rings (SSSR count). The molecule has 0 aliphatic heterocycles. The van der Waals surface area contributed by atoms with E-state index in [1.54, 1.807) is 12.1 Å². The smallest absolute Gasteiger partial charge is 0.391 e. The highest BCUT2D eigenvalue weighted by Crippen LogP contribution is 2.40. The molecule has 1 saturated carbocycles. The van der Waals surface area contributed by atoms with E-state index in [-0.39, 0.29) is 36.6 Å².